The van der Waals surface area contributed by atoms with Crippen LogP contribution in [-0.2, 0) is 9.53 Å². The first-order valence-electron chi connectivity index (χ1n) is 3.54. The molecule has 56 valence electrons. The number of carbonyl (C=O) groups excluding carboxylic acids is 1. The van der Waals surface area contributed by atoms with E-state index in [4.69, 9.17) is 4.74 Å². The van der Waals surface area contributed by atoms with Crippen molar-refractivity contribution in [3.8, 4) is 0 Å². The van der Waals surface area contributed by atoms with Crippen molar-refractivity contribution in [2.45, 2.75) is 25.9 Å². The second kappa shape index (κ2) is 2.86. The zero-order valence-electron chi connectivity index (χ0n) is 6.17. The maximum absolute atomic E-state index is 10.7. The lowest BCUT2D eigenvalue weighted by Crippen LogP contribution is -2.11. The zero-order chi connectivity index (χ0) is 7.56. The summed E-state index contributed by atoms with van der Waals surface area (Å²) >= 11 is 0. The standard InChI is InChI=1S/C8H12O2/c1-3-4-7-6(2)5-8(9)10-7/h3,6-7H,1,4-5H2,2H3. The van der Waals surface area contributed by atoms with E-state index >= 15 is 0 Å². The summed E-state index contributed by atoms with van der Waals surface area (Å²) in [5, 5.41) is 0. The van der Waals surface area contributed by atoms with Crippen molar-refractivity contribution >= 4 is 5.97 Å². The summed E-state index contributed by atoms with van der Waals surface area (Å²) in [6.07, 6.45) is 3.23. The number of carbonyl (C=O) groups is 1. The van der Waals surface area contributed by atoms with Gasteiger partial charge in [-0.15, -0.1) is 6.58 Å². The van der Waals surface area contributed by atoms with Gasteiger partial charge in [0.25, 0.3) is 0 Å². The average molecular weight is 140 g/mol. The SMILES string of the molecule is C=CCC1OC(=O)CC1C. The lowest BCUT2D eigenvalue weighted by atomic mass is 10.0. The lowest BCUT2D eigenvalue weighted by Gasteiger charge is -2.09. The third-order valence-electron chi connectivity index (χ3n) is 1.81. The molecule has 0 aromatic heterocycles. The molecule has 0 amide bonds. The minimum atomic E-state index is -0.0700. The highest BCUT2D eigenvalue weighted by atomic mass is 16.5. The summed E-state index contributed by atoms with van der Waals surface area (Å²) in [5.74, 6) is 0.296. The number of rotatable bonds is 2. The highest BCUT2D eigenvalue weighted by molar-refractivity contribution is 5.72. The van der Waals surface area contributed by atoms with E-state index in [1.807, 2.05) is 6.92 Å². The van der Waals surface area contributed by atoms with Gasteiger partial charge in [-0.1, -0.05) is 13.0 Å². The molecule has 0 spiro atoms. The normalized spacial score (nSPS) is 31.9. The van der Waals surface area contributed by atoms with Crippen LogP contribution in [0.4, 0.5) is 0 Å². The smallest absolute Gasteiger partial charge is 0.306 e. The molecule has 2 unspecified atom stereocenters. The van der Waals surface area contributed by atoms with Gasteiger partial charge in [0.2, 0.25) is 0 Å². The van der Waals surface area contributed by atoms with E-state index in [-0.39, 0.29) is 12.1 Å². The number of hydrogen-bond acceptors (Lipinski definition) is 2. The largest absolute Gasteiger partial charge is 0.462 e. The summed E-state index contributed by atoms with van der Waals surface area (Å²) in [6, 6.07) is 0. The van der Waals surface area contributed by atoms with Crippen LogP contribution < -0.4 is 0 Å². The lowest BCUT2D eigenvalue weighted by molar-refractivity contribution is -0.141. The molecule has 0 aromatic rings. The van der Waals surface area contributed by atoms with Gasteiger partial charge in [0.15, 0.2) is 0 Å². The topological polar surface area (TPSA) is 26.3 Å². The molecule has 0 saturated carbocycles. The molecule has 10 heavy (non-hydrogen) atoms. The fourth-order valence-electron chi connectivity index (χ4n) is 1.17. The van der Waals surface area contributed by atoms with Crippen molar-refractivity contribution in [2.24, 2.45) is 5.92 Å². The van der Waals surface area contributed by atoms with Crippen LogP contribution in [0.1, 0.15) is 19.8 Å². The van der Waals surface area contributed by atoms with Crippen LogP contribution in [0.15, 0.2) is 12.7 Å². The average Bonchev–Trinajstić information content (AvgIpc) is 2.13. The van der Waals surface area contributed by atoms with Crippen molar-refractivity contribution in [2.75, 3.05) is 0 Å². The molecule has 0 aliphatic carbocycles. The van der Waals surface area contributed by atoms with Gasteiger partial charge in [-0.3, -0.25) is 4.79 Å². The molecule has 1 rings (SSSR count). The van der Waals surface area contributed by atoms with Crippen LogP contribution in [0.3, 0.4) is 0 Å². The van der Waals surface area contributed by atoms with Crippen LogP contribution in [0.5, 0.6) is 0 Å². The molecule has 1 heterocycles. The molecule has 1 aliphatic heterocycles. The van der Waals surface area contributed by atoms with Crippen molar-refractivity contribution in [3.63, 3.8) is 0 Å². The molecule has 0 aromatic carbocycles. The summed E-state index contributed by atoms with van der Waals surface area (Å²) in [4.78, 5) is 10.7. The Labute approximate surface area is 60.9 Å². The summed E-state index contributed by atoms with van der Waals surface area (Å²) in [7, 11) is 0. The van der Waals surface area contributed by atoms with Gasteiger partial charge in [0.1, 0.15) is 6.10 Å². The first-order chi connectivity index (χ1) is 4.74. The fraction of sp³-hybridized carbons (Fsp3) is 0.625. The van der Waals surface area contributed by atoms with E-state index in [0.29, 0.717) is 12.3 Å². The van der Waals surface area contributed by atoms with Crippen molar-refractivity contribution in [3.05, 3.63) is 12.7 Å². The van der Waals surface area contributed by atoms with Gasteiger partial charge in [-0.2, -0.15) is 0 Å². The maximum atomic E-state index is 10.7. The number of ether oxygens (including phenoxy) is 1. The highest BCUT2D eigenvalue weighted by Crippen LogP contribution is 2.23. The Hall–Kier alpha value is -0.790. The quantitative estimate of drug-likeness (QED) is 0.429. The Morgan fingerprint density at radius 3 is 3.00 bits per heavy atom. The number of hydrogen-bond donors (Lipinski definition) is 0. The Morgan fingerprint density at radius 2 is 2.60 bits per heavy atom. The number of esters is 1. The zero-order valence-corrected chi connectivity index (χ0v) is 6.17. The predicted octanol–water partition coefficient (Wildman–Crippen LogP) is 1.51. The summed E-state index contributed by atoms with van der Waals surface area (Å²) in [6.45, 7) is 5.62. The van der Waals surface area contributed by atoms with E-state index in [0.717, 1.165) is 6.42 Å². The first-order valence-corrected chi connectivity index (χ1v) is 3.54. The third-order valence-corrected chi connectivity index (χ3v) is 1.81. The molecule has 1 aliphatic rings. The Morgan fingerprint density at radius 1 is 1.90 bits per heavy atom. The van der Waals surface area contributed by atoms with Gasteiger partial charge >= 0.3 is 5.97 Å². The molecule has 1 saturated heterocycles. The summed E-state index contributed by atoms with van der Waals surface area (Å²) < 4.78 is 5.00. The van der Waals surface area contributed by atoms with Crippen molar-refractivity contribution in [1.82, 2.24) is 0 Å². The molecule has 0 radical (unpaired) electrons. The minimum Gasteiger partial charge on any atom is -0.462 e. The van der Waals surface area contributed by atoms with Gasteiger partial charge in [0.05, 0.1) is 6.42 Å². The van der Waals surface area contributed by atoms with Gasteiger partial charge in [-0.25, -0.2) is 0 Å². The van der Waals surface area contributed by atoms with Crippen LogP contribution in [0.2, 0.25) is 0 Å². The van der Waals surface area contributed by atoms with Gasteiger partial charge in [0, 0.05) is 12.3 Å². The Kier molecular flexibility index (Phi) is 2.10. The molecule has 0 N–H and O–H groups in total. The highest BCUT2D eigenvalue weighted by Gasteiger charge is 2.29. The van der Waals surface area contributed by atoms with E-state index in [1.165, 1.54) is 0 Å². The van der Waals surface area contributed by atoms with Crippen molar-refractivity contribution in [1.29, 1.82) is 0 Å². The molecular weight excluding hydrogens is 128 g/mol. The minimum absolute atomic E-state index is 0.0700. The summed E-state index contributed by atoms with van der Waals surface area (Å²) in [5.41, 5.74) is 0. The van der Waals surface area contributed by atoms with E-state index in [2.05, 4.69) is 6.58 Å². The fourth-order valence-corrected chi connectivity index (χ4v) is 1.17. The molecule has 2 atom stereocenters. The molecule has 2 heteroatoms. The monoisotopic (exact) mass is 140 g/mol. The van der Waals surface area contributed by atoms with E-state index in [1.54, 1.807) is 6.08 Å². The van der Waals surface area contributed by atoms with Gasteiger partial charge in [-0.05, 0) is 0 Å². The van der Waals surface area contributed by atoms with Crippen LogP contribution in [0.25, 0.3) is 0 Å². The molecule has 2 nitrogen and oxygen atoms in total. The van der Waals surface area contributed by atoms with Crippen molar-refractivity contribution < 1.29 is 9.53 Å². The van der Waals surface area contributed by atoms with Crippen LogP contribution in [-0.4, -0.2) is 12.1 Å². The van der Waals surface area contributed by atoms with Crippen LogP contribution in [0, 0.1) is 5.92 Å². The third kappa shape index (κ3) is 1.38. The second-order valence-corrected chi connectivity index (χ2v) is 2.73. The molecular formula is C8H12O2. The maximum Gasteiger partial charge on any atom is 0.306 e. The van der Waals surface area contributed by atoms with Gasteiger partial charge < -0.3 is 4.74 Å². The van der Waals surface area contributed by atoms with E-state index < -0.39 is 0 Å². The molecule has 1 fully saturated rings. The number of cyclic esters (lactones) is 1. The Balaban J connectivity index is 2.45. The van der Waals surface area contributed by atoms with Crippen LogP contribution >= 0.6 is 0 Å². The molecule has 0 bridgehead atoms. The first kappa shape index (κ1) is 7.32. The second-order valence-electron chi connectivity index (χ2n) is 2.73. The Bertz CT molecular complexity index is 151. The predicted molar refractivity (Wildman–Crippen MR) is 38.5 cm³/mol. The van der Waals surface area contributed by atoms with E-state index in [9.17, 15) is 4.79 Å².